The van der Waals surface area contributed by atoms with Gasteiger partial charge in [0.25, 0.3) is 0 Å². The predicted octanol–water partition coefficient (Wildman–Crippen LogP) is 2.85. The van der Waals surface area contributed by atoms with Gasteiger partial charge in [-0.1, -0.05) is 12.1 Å². The van der Waals surface area contributed by atoms with E-state index in [9.17, 15) is 0 Å². The van der Waals surface area contributed by atoms with Gasteiger partial charge in [-0.3, -0.25) is 0 Å². The lowest BCUT2D eigenvalue weighted by molar-refractivity contribution is 0.414. The molecule has 0 aliphatic carbocycles. The third kappa shape index (κ3) is 2.68. The van der Waals surface area contributed by atoms with Crippen molar-refractivity contribution in [1.82, 2.24) is 0 Å². The van der Waals surface area contributed by atoms with Crippen LogP contribution in [0.1, 0.15) is 12.2 Å². The van der Waals surface area contributed by atoms with Crippen molar-refractivity contribution >= 4 is 0 Å². The standard InChI is InChI=1S/C14H17NO2/c1-16-13-7-3-2-6-12(13)14-9-8-11(17-14)5-4-10-15/h2-3,6-9H,4-5,10,15H2,1H3. The predicted molar refractivity (Wildman–Crippen MR) is 68.1 cm³/mol. The molecule has 0 aliphatic heterocycles. The zero-order valence-corrected chi connectivity index (χ0v) is 9.98. The topological polar surface area (TPSA) is 48.4 Å². The Bertz CT molecular complexity index is 477. The lowest BCUT2D eigenvalue weighted by Gasteiger charge is -2.05. The Morgan fingerprint density at radius 3 is 2.76 bits per heavy atom. The van der Waals surface area contributed by atoms with Crippen molar-refractivity contribution in [3.8, 4) is 17.1 Å². The summed E-state index contributed by atoms with van der Waals surface area (Å²) in [6.45, 7) is 0.685. The molecule has 0 aliphatic rings. The maximum absolute atomic E-state index is 5.78. The average Bonchev–Trinajstić information content (AvgIpc) is 2.85. The van der Waals surface area contributed by atoms with E-state index < -0.39 is 0 Å². The quantitative estimate of drug-likeness (QED) is 0.860. The van der Waals surface area contributed by atoms with E-state index in [1.807, 2.05) is 36.4 Å². The monoisotopic (exact) mass is 231 g/mol. The third-order valence-electron chi connectivity index (χ3n) is 2.66. The number of hydrogen-bond acceptors (Lipinski definition) is 3. The first-order valence-corrected chi connectivity index (χ1v) is 5.77. The molecule has 3 nitrogen and oxygen atoms in total. The molecule has 0 unspecified atom stereocenters. The molecule has 0 radical (unpaired) electrons. The van der Waals surface area contributed by atoms with Crippen molar-refractivity contribution in [2.24, 2.45) is 5.73 Å². The van der Waals surface area contributed by atoms with Crippen molar-refractivity contribution in [3.05, 3.63) is 42.2 Å². The highest BCUT2D eigenvalue weighted by molar-refractivity contribution is 5.65. The molecule has 0 amide bonds. The van der Waals surface area contributed by atoms with Crippen LogP contribution in [0.3, 0.4) is 0 Å². The second kappa shape index (κ2) is 5.55. The Labute approximate surface area is 101 Å². The Morgan fingerprint density at radius 2 is 2.00 bits per heavy atom. The van der Waals surface area contributed by atoms with Crippen molar-refractivity contribution in [2.75, 3.05) is 13.7 Å². The second-order valence-electron chi connectivity index (χ2n) is 3.86. The summed E-state index contributed by atoms with van der Waals surface area (Å²) in [5.41, 5.74) is 6.46. The van der Waals surface area contributed by atoms with Gasteiger partial charge in [0.15, 0.2) is 0 Å². The SMILES string of the molecule is COc1ccccc1-c1ccc(CCCN)o1. The van der Waals surface area contributed by atoms with E-state index in [0.29, 0.717) is 6.54 Å². The Balaban J connectivity index is 2.24. The number of furan rings is 1. The molecule has 0 atom stereocenters. The largest absolute Gasteiger partial charge is 0.496 e. The molecule has 0 fully saturated rings. The fourth-order valence-corrected chi connectivity index (χ4v) is 1.78. The van der Waals surface area contributed by atoms with Gasteiger partial charge >= 0.3 is 0 Å². The van der Waals surface area contributed by atoms with Crippen LogP contribution in [0.15, 0.2) is 40.8 Å². The van der Waals surface area contributed by atoms with E-state index >= 15 is 0 Å². The number of nitrogens with two attached hydrogens (primary N) is 1. The fourth-order valence-electron chi connectivity index (χ4n) is 1.78. The summed E-state index contributed by atoms with van der Waals surface area (Å²) in [5.74, 6) is 2.64. The van der Waals surface area contributed by atoms with Gasteiger partial charge in [0.05, 0.1) is 12.7 Å². The summed E-state index contributed by atoms with van der Waals surface area (Å²) in [6, 6.07) is 11.8. The van der Waals surface area contributed by atoms with Crippen LogP contribution in [0.25, 0.3) is 11.3 Å². The number of ether oxygens (including phenoxy) is 1. The van der Waals surface area contributed by atoms with Crippen LogP contribution in [0, 0.1) is 0 Å². The minimum absolute atomic E-state index is 0.685. The van der Waals surface area contributed by atoms with Crippen LogP contribution >= 0.6 is 0 Å². The van der Waals surface area contributed by atoms with Crippen molar-refractivity contribution in [3.63, 3.8) is 0 Å². The van der Waals surface area contributed by atoms with E-state index in [0.717, 1.165) is 35.7 Å². The molecular formula is C14H17NO2. The van der Waals surface area contributed by atoms with Crippen LogP contribution in [0.2, 0.25) is 0 Å². The second-order valence-corrected chi connectivity index (χ2v) is 3.86. The van der Waals surface area contributed by atoms with Gasteiger partial charge in [-0.25, -0.2) is 0 Å². The zero-order chi connectivity index (χ0) is 12.1. The van der Waals surface area contributed by atoms with E-state index in [4.69, 9.17) is 14.9 Å². The number of aryl methyl sites for hydroxylation is 1. The molecule has 1 aromatic heterocycles. The first kappa shape index (κ1) is 11.7. The molecular weight excluding hydrogens is 214 g/mol. The minimum atomic E-state index is 0.685. The van der Waals surface area contributed by atoms with Gasteiger partial charge in [-0.15, -0.1) is 0 Å². The molecule has 2 N–H and O–H groups in total. The maximum atomic E-state index is 5.78. The fraction of sp³-hybridized carbons (Fsp3) is 0.286. The molecule has 3 heteroatoms. The first-order valence-electron chi connectivity index (χ1n) is 5.77. The van der Waals surface area contributed by atoms with Gasteiger partial charge in [0.1, 0.15) is 17.3 Å². The van der Waals surface area contributed by atoms with Gasteiger partial charge in [-0.05, 0) is 37.2 Å². The van der Waals surface area contributed by atoms with E-state index in [1.165, 1.54) is 0 Å². The molecule has 0 saturated heterocycles. The van der Waals surface area contributed by atoms with Crippen LogP contribution in [0.4, 0.5) is 0 Å². The molecule has 0 bridgehead atoms. The lowest BCUT2D eigenvalue weighted by atomic mass is 10.1. The molecule has 2 rings (SSSR count). The lowest BCUT2D eigenvalue weighted by Crippen LogP contribution is -1.99. The Kier molecular flexibility index (Phi) is 3.83. The average molecular weight is 231 g/mol. The normalized spacial score (nSPS) is 10.5. The summed E-state index contributed by atoms with van der Waals surface area (Å²) in [7, 11) is 1.66. The summed E-state index contributed by atoms with van der Waals surface area (Å²) < 4.78 is 11.1. The molecule has 0 spiro atoms. The van der Waals surface area contributed by atoms with Gasteiger partial charge in [0, 0.05) is 6.42 Å². The van der Waals surface area contributed by atoms with Crippen LogP contribution in [-0.4, -0.2) is 13.7 Å². The van der Waals surface area contributed by atoms with Crippen LogP contribution < -0.4 is 10.5 Å². The Morgan fingerprint density at radius 1 is 1.18 bits per heavy atom. The summed E-state index contributed by atoms with van der Waals surface area (Å²) in [5, 5.41) is 0. The minimum Gasteiger partial charge on any atom is -0.496 e. The summed E-state index contributed by atoms with van der Waals surface area (Å²) >= 11 is 0. The smallest absolute Gasteiger partial charge is 0.137 e. The molecule has 90 valence electrons. The van der Waals surface area contributed by atoms with E-state index in [1.54, 1.807) is 7.11 Å². The number of methoxy groups -OCH3 is 1. The van der Waals surface area contributed by atoms with E-state index in [2.05, 4.69) is 0 Å². The Hall–Kier alpha value is -1.74. The van der Waals surface area contributed by atoms with E-state index in [-0.39, 0.29) is 0 Å². The molecule has 1 heterocycles. The van der Waals surface area contributed by atoms with Crippen LogP contribution in [0.5, 0.6) is 5.75 Å². The van der Waals surface area contributed by atoms with Crippen molar-refractivity contribution < 1.29 is 9.15 Å². The highest BCUT2D eigenvalue weighted by Crippen LogP contribution is 2.31. The van der Waals surface area contributed by atoms with Gasteiger partial charge < -0.3 is 14.9 Å². The van der Waals surface area contributed by atoms with Gasteiger partial charge in [0.2, 0.25) is 0 Å². The first-order chi connectivity index (χ1) is 8.35. The zero-order valence-electron chi connectivity index (χ0n) is 9.98. The highest BCUT2D eigenvalue weighted by Gasteiger charge is 2.09. The number of rotatable bonds is 5. The number of hydrogen-bond donors (Lipinski definition) is 1. The molecule has 2 aromatic rings. The molecule has 0 saturated carbocycles. The highest BCUT2D eigenvalue weighted by atomic mass is 16.5. The number of benzene rings is 1. The molecule has 1 aromatic carbocycles. The van der Waals surface area contributed by atoms with Crippen LogP contribution in [-0.2, 0) is 6.42 Å². The third-order valence-corrected chi connectivity index (χ3v) is 2.66. The number of para-hydroxylation sites is 1. The van der Waals surface area contributed by atoms with Crippen molar-refractivity contribution in [1.29, 1.82) is 0 Å². The van der Waals surface area contributed by atoms with Gasteiger partial charge in [-0.2, -0.15) is 0 Å². The summed E-state index contributed by atoms with van der Waals surface area (Å²) in [6.07, 6.45) is 1.82. The maximum Gasteiger partial charge on any atom is 0.137 e. The summed E-state index contributed by atoms with van der Waals surface area (Å²) in [4.78, 5) is 0. The van der Waals surface area contributed by atoms with Crippen molar-refractivity contribution in [2.45, 2.75) is 12.8 Å². The molecule has 17 heavy (non-hydrogen) atoms.